The summed E-state index contributed by atoms with van der Waals surface area (Å²) in [6.07, 6.45) is 2.72. The Balaban J connectivity index is 1.64. The van der Waals surface area contributed by atoms with E-state index < -0.39 is 11.8 Å². The Morgan fingerprint density at radius 2 is 1.94 bits per heavy atom. The molecule has 0 radical (unpaired) electrons. The summed E-state index contributed by atoms with van der Waals surface area (Å²) in [7, 11) is 1.39. The zero-order valence-electron chi connectivity index (χ0n) is 17.7. The summed E-state index contributed by atoms with van der Waals surface area (Å²) in [5.41, 5.74) is 1.59. The zero-order valence-corrected chi connectivity index (χ0v) is 17.7. The van der Waals surface area contributed by atoms with Crippen molar-refractivity contribution in [1.82, 2.24) is 15.3 Å². The maximum atomic E-state index is 12.9. The van der Waals surface area contributed by atoms with Gasteiger partial charge in [0, 0.05) is 13.1 Å². The normalized spacial score (nSPS) is 15.2. The number of piperidine rings is 1. The first-order chi connectivity index (χ1) is 15.6. The monoisotopic (exact) mass is 433 g/mol. The number of nitrogens with one attached hydrogen (secondary N) is 1. The largest absolute Gasteiger partial charge is 0.469 e. The van der Waals surface area contributed by atoms with E-state index in [2.05, 4.69) is 16.4 Å². The Bertz CT molecular complexity index is 1150. The van der Waals surface area contributed by atoms with E-state index in [1.54, 1.807) is 18.2 Å². The summed E-state index contributed by atoms with van der Waals surface area (Å²) in [4.78, 5) is 36.2. The van der Waals surface area contributed by atoms with Crippen molar-refractivity contribution in [3.05, 3.63) is 54.1 Å². The van der Waals surface area contributed by atoms with Gasteiger partial charge in [0.2, 0.25) is 5.91 Å². The predicted octanol–water partition coefficient (Wildman–Crippen LogP) is 2.54. The van der Waals surface area contributed by atoms with E-state index in [4.69, 9.17) is 14.1 Å². The van der Waals surface area contributed by atoms with Crippen molar-refractivity contribution in [2.45, 2.75) is 25.3 Å². The number of carbonyl (C=O) groups is 2. The lowest BCUT2D eigenvalue weighted by atomic mass is 9.96. The van der Waals surface area contributed by atoms with E-state index >= 15 is 0 Å². The van der Waals surface area contributed by atoms with E-state index in [-0.39, 0.29) is 18.4 Å². The molecule has 0 saturated carbocycles. The number of nitrogens with zero attached hydrogens (tertiary/aromatic N) is 4. The Kier molecular flexibility index (Phi) is 6.31. The van der Waals surface area contributed by atoms with Crippen LogP contribution in [0.25, 0.3) is 11.0 Å². The lowest BCUT2D eigenvalue weighted by Gasteiger charge is -2.33. The van der Waals surface area contributed by atoms with E-state index in [1.165, 1.54) is 13.4 Å². The van der Waals surface area contributed by atoms with Gasteiger partial charge in [-0.2, -0.15) is 5.26 Å². The standard InChI is InChI=1S/C23H23N5O4/c1-31-23(30)15-8-10-28(11-9-15)21-20(26-18-6-2-3-7-19(18)27-21)17(13-24)22(29)25-14-16-5-4-12-32-16/h2-7,12,15,17H,8-11,14H2,1H3,(H,25,29)/t17-/m1/s1. The molecule has 1 atom stereocenters. The van der Waals surface area contributed by atoms with Gasteiger partial charge in [-0.05, 0) is 37.1 Å². The van der Waals surface area contributed by atoms with Crippen LogP contribution in [-0.4, -0.2) is 42.0 Å². The molecule has 1 amide bonds. The maximum absolute atomic E-state index is 12.9. The molecule has 1 N–H and O–H groups in total. The van der Waals surface area contributed by atoms with E-state index in [0.29, 0.717) is 54.2 Å². The highest BCUT2D eigenvalue weighted by atomic mass is 16.5. The van der Waals surface area contributed by atoms with Crippen molar-refractivity contribution in [2.24, 2.45) is 5.92 Å². The molecule has 32 heavy (non-hydrogen) atoms. The third kappa shape index (κ3) is 4.39. The number of furan rings is 1. The molecule has 2 aromatic heterocycles. The van der Waals surface area contributed by atoms with Crippen LogP contribution in [0.5, 0.6) is 0 Å². The number of fused-ring (bicyclic) bond motifs is 1. The molecule has 0 unspecified atom stereocenters. The van der Waals surface area contributed by atoms with Gasteiger partial charge in [-0.1, -0.05) is 12.1 Å². The fourth-order valence-electron chi connectivity index (χ4n) is 3.86. The van der Waals surface area contributed by atoms with Gasteiger partial charge in [0.05, 0.1) is 42.9 Å². The SMILES string of the molecule is COC(=O)C1CCN(c2nc3ccccc3nc2[C@@H](C#N)C(=O)NCc2ccco2)CC1. The summed E-state index contributed by atoms with van der Waals surface area (Å²) in [6, 6.07) is 12.9. The second-order valence-electron chi connectivity index (χ2n) is 7.56. The van der Waals surface area contributed by atoms with E-state index in [9.17, 15) is 14.9 Å². The van der Waals surface area contributed by atoms with Crippen molar-refractivity contribution >= 4 is 28.7 Å². The first-order valence-electron chi connectivity index (χ1n) is 10.4. The highest BCUT2D eigenvalue weighted by Gasteiger charge is 2.32. The number of aromatic nitrogens is 2. The predicted molar refractivity (Wildman–Crippen MR) is 115 cm³/mol. The smallest absolute Gasteiger partial charge is 0.308 e. The fourth-order valence-corrected chi connectivity index (χ4v) is 3.86. The molecule has 0 aliphatic carbocycles. The molecule has 3 heterocycles. The third-order valence-electron chi connectivity index (χ3n) is 5.59. The van der Waals surface area contributed by atoms with E-state index in [0.717, 1.165) is 0 Å². The number of para-hydroxylation sites is 2. The second kappa shape index (κ2) is 9.47. The Morgan fingerprint density at radius 1 is 1.22 bits per heavy atom. The van der Waals surface area contributed by atoms with E-state index in [1.807, 2.05) is 23.1 Å². The van der Waals surface area contributed by atoms with Gasteiger partial charge in [0.1, 0.15) is 11.5 Å². The third-order valence-corrected chi connectivity index (χ3v) is 5.59. The van der Waals surface area contributed by atoms with Crippen LogP contribution in [0.3, 0.4) is 0 Å². The molecular weight excluding hydrogens is 410 g/mol. The molecule has 0 bridgehead atoms. The maximum Gasteiger partial charge on any atom is 0.308 e. The van der Waals surface area contributed by atoms with Crippen molar-refractivity contribution < 1.29 is 18.7 Å². The van der Waals surface area contributed by atoms with Gasteiger partial charge < -0.3 is 19.4 Å². The Morgan fingerprint density at radius 3 is 2.56 bits per heavy atom. The van der Waals surface area contributed by atoms with Gasteiger partial charge in [0.15, 0.2) is 11.7 Å². The number of rotatable bonds is 6. The lowest BCUT2D eigenvalue weighted by Crippen LogP contribution is -2.39. The molecule has 1 aliphatic heterocycles. The minimum absolute atomic E-state index is 0.170. The Hall–Kier alpha value is -3.93. The molecule has 9 heteroatoms. The summed E-state index contributed by atoms with van der Waals surface area (Å²) < 4.78 is 10.1. The van der Waals surface area contributed by atoms with Crippen LogP contribution in [0.15, 0.2) is 47.1 Å². The fraction of sp³-hybridized carbons (Fsp3) is 0.348. The number of amides is 1. The van der Waals surface area contributed by atoms with Crippen LogP contribution in [0.4, 0.5) is 5.82 Å². The average Bonchev–Trinajstić information content (AvgIpc) is 3.36. The summed E-state index contributed by atoms with van der Waals surface area (Å²) in [5, 5.41) is 12.6. The number of benzene rings is 1. The Labute approximate surface area is 185 Å². The van der Waals surface area contributed by atoms with Crippen LogP contribution >= 0.6 is 0 Å². The number of ether oxygens (including phenoxy) is 1. The van der Waals surface area contributed by atoms with Crippen molar-refractivity contribution in [3.63, 3.8) is 0 Å². The number of carbonyl (C=O) groups excluding carboxylic acids is 2. The van der Waals surface area contributed by atoms with Gasteiger partial charge in [-0.3, -0.25) is 9.59 Å². The number of anilines is 1. The average molecular weight is 433 g/mol. The minimum Gasteiger partial charge on any atom is -0.469 e. The number of methoxy groups -OCH3 is 1. The number of esters is 1. The number of hydrogen-bond donors (Lipinski definition) is 1. The van der Waals surface area contributed by atoms with Gasteiger partial charge in [-0.25, -0.2) is 9.97 Å². The molecule has 1 saturated heterocycles. The molecule has 1 aliphatic rings. The first-order valence-corrected chi connectivity index (χ1v) is 10.4. The van der Waals surface area contributed by atoms with Crippen LogP contribution < -0.4 is 10.2 Å². The molecule has 164 valence electrons. The summed E-state index contributed by atoms with van der Waals surface area (Å²) in [5.74, 6) is -0.927. The van der Waals surface area contributed by atoms with Crippen LogP contribution in [-0.2, 0) is 20.9 Å². The minimum atomic E-state index is -1.14. The molecular formula is C23H23N5O4. The van der Waals surface area contributed by atoms with Gasteiger partial charge >= 0.3 is 5.97 Å². The molecule has 4 rings (SSSR count). The quantitative estimate of drug-likeness (QED) is 0.589. The first kappa shape index (κ1) is 21.3. The highest BCUT2D eigenvalue weighted by molar-refractivity contribution is 5.88. The number of hydrogen-bond acceptors (Lipinski definition) is 8. The van der Waals surface area contributed by atoms with Crippen LogP contribution in [0, 0.1) is 17.2 Å². The molecule has 0 spiro atoms. The zero-order chi connectivity index (χ0) is 22.5. The van der Waals surface area contributed by atoms with Crippen LogP contribution in [0.1, 0.15) is 30.2 Å². The van der Waals surface area contributed by atoms with Crippen molar-refractivity contribution in [1.29, 1.82) is 5.26 Å². The topological polar surface area (TPSA) is 121 Å². The lowest BCUT2D eigenvalue weighted by molar-refractivity contribution is -0.146. The molecule has 9 nitrogen and oxygen atoms in total. The molecule has 1 fully saturated rings. The summed E-state index contributed by atoms with van der Waals surface area (Å²) >= 11 is 0. The number of nitriles is 1. The van der Waals surface area contributed by atoms with Gasteiger partial charge in [-0.15, -0.1) is 0 Å². The summed E-state index contributed by atoms with van der Waals surface area (Å²) in [6.45, 7) is 1.27. The molecule has 1 aromatic carbocycles. The van der Waals surface area contributed by atoms with Gasteiger partial charge in [0.25, 0.3) is 0 Å². The highest BCUT2D eigenvalue weighted by Crippen LogP contribution is 2.30. The van der Waals surface area contributed by atoms with Crippen LogP contribution in [0.2, 0.25) is 0 Å². The van der Waals surface area contributed by atoms with Crippen molar-refractivity contribution in [3.8, 4) is 6.07 Å². The molecule has 3 aromatic rings. The van der Waals surface area contributed by atoms with Crippen molar-refractivity contribution in [2.75, 3.05) is 25.1 Å². The second-order valence-corrected chi connectivity index (χ2v) is 7.56.